The number of carbonyl (C=O) groups is 1. The van der Waals surface area contributed by atoms with Crippen LogP contribution in [0.25, 0.3) is 0 Å². The van der Waals surface area contributed by atoms with E-state index in [0.29, 0.717) is 4.90 Å². The summed E-state index contributed by atoms with van der Waals surface area (Å²) in [7, 11) is -3.67. The maximum absolute atomic E-state index is 12.8. The molecule has 0 saturated carbocycles. The first-order chi connectivity index (χ1) is 14.2. The quantitative estimate of drug-likeness (QED) is 0.677. The highest BCUT2D eigenvalue weighted by Gasteiger charge is 2.24. The van der Waals surface area contributed by atoms with Gasteiger partial charge in [-0.05, 0) is 62.8 Å². The first-order valence-corrected chi connectivity index (χ1v) is 12.6. The van der Waals surface area contributed by atoms with Crippen LogP contribution in [0.4, 0.5) is 5.13 Å². The summed E-state index contributed by atoms with van der Waals surface area (Å²) in [6, 6.07) is 2.12. The van der Waals surface area contributed by atoms with E-state index in [1.165, 1.54) is 0 Å². The molecule has 0 atom stereocenters. The van der Waals surface area contributed by atoms with E-state index in [2.05, 4.69) is 19.9 Å². The van der Waals surface area contributed by atoms with Gasteiger partial charge in [-0.25, -0.2) is 18.1 Å². The van der Waals surface area contributed by atoms with Crippen molar-refractivity contribution in [3.8, 4) is 0 Å². The Balaban J connectivity index is 1.49. The van der Waals surface area contributed by atoms with Gasteiger partial charge in [-0.2, -0.15) is 0 Å². The number of amides is 1. The molecule has 1 aliphatic rings. The van der Waals surface area contributed by atoms with Gasteiger partial charge >= 0.3 is 0 Å². The smallest absolute Gasteiger partial charge is 0.241 e. The van der Waals surface area contributed by atoms with Crippen molar-refractivity contribution in [2.45, 2.75) is 57.9 Å². The van der Waals surface area contributed by atoms with E-state index in [-0.39, 0.29) is 24.9 Å². The number of rotatable bonds is 7. The fraction of sp³-hybridized carbons (Fsp3) is 0.524. The maximum Gasteiger partial charge on any atom is 0.241 e. The zero-order valence-electron chi connectivity index (χ0n) is 18.0. The Bertz CT molecular complexity index is 970. The van der Waals surface area contributed by atoms with Crippen molar-refractivity contribution in [3.63, 3.8) is 0 Å². The second-order valence-electron chi connectivity index (χ2n) is 7.88. The predicted octanol–water partition coefficient (Wildman–Crippen LogP) is 2.83. The lowest BCUT2D eigenvalue weighted by atomic mass is 10.0. The molecule has 1 aliphatic heterocycles. The van der Waals surface area contributed by atoms with Crippen molar-refractivity contribution >= 4 is 32.4 Å². The van der Waals surface area contributed by atoms with Crippen molar-refractivity contribution in [2.75, 3.05) is 24.5 Å². The van der Waals surface area contributed by atoms with Gasteiger partial charge < -0.3 is 10.2 Å². The average molecular weight is 451 g/mol. The van der Waals surface area contributed by atoms with Crippen LogP contribution in [0.15, 0.2) is 22.5 Å². The topological polar surface area (TPSA) is 91.4 Å². The molecule has 164 valence electrons. The maximum atomic E-state index is 12.8. The summed E-state index contributed by atoms with van der Waals surface area (Å²) in [6.45, 7) is 9.26. The lowest BCUT2D eigenvalue weighted by molar-refractivity contribution is -0.121. The number of carbonyl (C=O) groups excluding carboxylic acids is 1. The molecule has 1 aromatic heterocycles. The molecule has 30 heavy (non-hydrogen) atoms. The summed E-state index contributed by atoms with van der Waals surface area (Å²) in [5, 5.41) is 6.02. The van der Waals surface area contributed by atoms with Gasteiger partial charge in [0.25, 0.3) is 0 Å². The molecule has 9 heteroatoms. The SMILES string of the molecule is Cc1cc(C)c(C)c(S(=O)(=O)NCCC(=O)NC2CCN(c3nccs3)CC2)c1C. The largest absolute Gasteiger partial charge is 0.353 e. The number of anilines is 1. The molecule has 0 bridgehead atoms. The Labute approximate surface area is 183 Å². The van der Waals surface area contributed by atoms with Crippen LogP contribution in [0, 0.1) is 27.7 Å². The normalized spacial score (nSPS) is 15.4. The van der Waals surface area contributed by atoms with E-state index in [1.807, 2.05) is 39.1 Å². The number of hydrogen-bond acceptors (Lipinski definition) is 6. The Hall–Kier alpha value is -1.97. The molecule has 3 rings (SSSR count). The Morgan fingerprint density at radius 1 is 1.17 bits per heavy atom. The van der Waals surface area contributed by atoms with E-state index in [9.17, 15) is 13.2 Å². The van der Waals surface area contributed by atoms with Crippen LogP contribution in [0.2, 0.25) is 0 Å². The van der Waals surface area contributed by atoms with E-state index in [0.717, 1.165) is 53.3 Å². The van der Waals surface area contributed by atoms with Crippen molar-refractivity contribution in [2.24, 2.45) is 0 Å². The number of nitrogens with one attached hydrogen (secondary N) is 2. The number of hydrogen-bond donors (Lipinski definition) is 2. The number of sulfonamides is 1. The average Bonchev–Trinajstić information content (AvgIpc) is 3.21. The van der Waals surface area contributed by atoms with Crippen LogP contribution in [-0.2, 0) is 14.8 Å². The summed E-state index contributed by atoms with van der Waals surface area (Å²) in [5.74, 6) is -0.126. The van der Waals surface area contributed by atoms with Gasteiger partial charge in [-0.1, -0.05) is 6.07 Å². The summed E-state index contributed by atoms with van der Waals surface area (Å²) in [6.07, 6.45) is 3.64. The van der Waals surface area contributed by atoms with Crippen LogP contribution >= 0.6 is 11.3 Å². The van der Waals surface area contributed by atoms with Gasteiger partial charge in [-0.3, -0.25) is 4.79 Å². The third kappa shape index (κ3) is 5.19. The summed E-state index contributed by atoms with van der Waals surface area (Å²) >= 11 is 1.62. The zero-order chi connectivity index (χ0) is 21.9. The molecule has 0 radical (unpaired) electrons. The van der Waals surface area contributed by atoms with Gasteiger partial charge in [0.15, 0.2) is 5.13 Å². The Morgan fingerprint density at radius 3 is 2.37 bits per heavy atom. The van der Waals surface area contributed by atoms with Gasteiger partial charge in [0.1, 0.15) is 0 Å². The molecule has 0 spiro atoms. The fourth-order valence-electron chi connectivity index (χ4n) is 3.84. The van der Waals surface area contributed by atoms with E-state index in [1.54, 1.807) is 17.5 Å². The molecule has 2 heterocycles. The Kier molecular flexibility index (Phi) is 7.15. The third-order valence-electron chi connectivity index (χ3n) is 5.76. The van der Waals surface area contributed by atoms with Gasteiger partial charge in [-0.15, -0.1) is 11.3 Å². The molecule has 2 aromatic rings. The zero-order valence-corrected chi connectivity index (χ0v) is 19.6. The van der Waals surface area contributed by atoms with Crippen LogP contribution in [-0.4, -0.2) is 45.0 Å². The molecule has 7 nitrogen and oxygen atoms in total. The molecule has 0 unspecified atom stereocenters. The number of thiazole rings is 1. The van der Waals surface area contributed by atoms with Crippen LogP contribution in [0.3, 0.4) is 0 Å². The number of aromatic nitrogens is 1. The highest BCUT2D eigenvalue weighted by atomic mass is 32.2. The van der Waals surface area contributed by atoms with E-state index < -0.39 is 10.0 Å². The second-order valence-corrected chi connectivity index (χ2v) is 10.5. The lowest BCUT2D eigenvalue weighted by Gasteiger charge is -2.32. The van der Waals surface area contributed by atoms with E-state index in [4.69, 9.17) is 0 Å². The number of aryl methyl sites for hydroxylation is 2. The summed E-state index contributed by atoms with van der Waals surface area (Å²) in [4.78, 5) is 19.2. The molecule has 0 aliphatic carbocycles. The first kappa shape index (κ1) is 22.7. The van der Waals surface area contributed by atoms with E-state index >= 15 is 0 Å². The minimum Gasteiger partial charge on any atom is -0.353 e. The highest BCUT2D eigenvalue weighted by Crippen LogP contribution is 2.26. The summed E-state index contributed by atoms with van der Waals surface area (Å²) in [5.41, 5.74) is 3.39. The van der Waals surface area contributed by atoms with Crippen LogP contribution in [0.1, 0.15) is 41.5 Å². The van der Waals surface area contributed by atoms with Gasteiger partial charge in [0, 0.05) is 43.7 Å². The molecule has 1 saturated heterocycles. The van der Waals surface area contributed by atoms with Gasteiger partial charge in [0.2, 0.25) is 15.9 Å². The highest BCUT2D eigenvalue weighted by molar-refractivity contribution is 7.89. The Morgan fingerprint density at radius 2 is 1.80 bits per heavy atom. The minimum atomic E-state index is -3.67. The van der Waals surface area contributed by atoms with Crippen molar-refractivity contribution in [1.82, 2.24) is 15.0 Å². The van der Waals surface area contributed by atoms with Crippen molar-refractivity contribution < 1.29 is 13.2 Å². The number of nitrogens with zero attached hydrogens (tertiary/aromatic N) is 2. The van der Waals surface area contributed by atoms with Gasteiger partial charge in [0.05, 0.1) is 4.90 Å². The monoisotopic (exact) mass is 450 g/mol. The number of piperidine rings is 1. The second kappa shape index (κ2) is 9.45. The van der Waals surface area contributed by atoms with Crippen molar-refractivity contribution in [3.05, 3.63) is 39.9 Å². The molecule has 1 fully saturated rings. The molecule has 2 N–H and O–H groups in total. The molecule has 1 aromatic carbocycles. The molecular formula is C21H30N4O3S2. The van der Waals surface area contributed by atoms with Crippen LogP contribution < -0.4 is 14.9 Å². The predicted molar refractivity (Wildman–Crippen MR) is 121 cm³/mol. The first-order valence-electron chi connectivity index (χ1n) is 10.2. The minimum absolute atomic E-state index is 0.0813. The summed E-state index contributed by atoms with van der Waals surface area (Å²) < 4.78 is 28.3. The molecule has 1 amide bonds. The van der Waals surface area contributed by atoms with Crippen molar-refractivity contribution in [1.29, 1.82) is 0 Å². The standard InChI is InChI=1S/C21H30N4O3S2/c1-14-13-15(2)17(4)20(16(14)3)30(27,28)23-8-5-19(26)24-18-6-10-25(11-7-18)21-22-9-12-29-21/h9,12-13,18,23H,5-8,10-11H2,1-4H3,(H,24,26). The lowest BCUT2D eigenvalue weighted by Crippen LogP contribution is -2.45. The number of benzene rings is 1. The molecular weight excluding hydrogens is 420 g/mol. The fourth-order valence-corrected chi connectivity index (χ4v) is 6.18. The third-order valence-corrected chi connectivity index (χ3v) is 8.33. The van der Waals surface area contributed by atoms with Crippen LogP contribution in [0.5, 0.6) is 0 Å².